The van der Waals surface area contributed by atoms with E-state index in [9.17, 15) is 9.00 Å². The topological polar surface area (TPSA) is 73.9 Å². The number of methoxy groups -OCH3 is 1. The number of nitrogens with one attached hydrogen (secondary N) is 1. The van der Waals surface area contributed by atoms with Crippen molar-refractivity contribution in [2.45, 2.75) is 46.8 Å². The standard InChI is InChI=1S/C28H31NO5S2/c1-7-36(31)34-19-9-10-21(24(14-19)32-6)20-11-12-23-26(17(2)15-28(4,5)29-23)22(20)16-33-27(30)25-13-8-18(3)35-25/h8-15,29H,7,16H2,1-6H3. The third-order valence-electron chi connectivity index (χ3n) is 5.92. The van der Waals surface area contributed by atoms with E-state index in [1.165, 1.54) is 11.3 Å². The number of anilines is 1. The number of ether oxygens (including phenoxy) is 2. The van der Waals surface area contributed by atoms with Crippen molar-refractivity contribution in [3.63, 3.8) is 0 Å². The molecular formula is C28H31NO5S2. The van der Waals surface area contributed by atoms with Crippen LogP contribution in [0.25, 0.3) is 16.7 Å². The molecule has 36 heavy (non-hydrogen) atoms. The van der Waals surface area contributed by atoms with Gasteiger partial charge in [-0.1, -0.05) is 19.1 Å². The highest BCUT2D eigenvalue weighted by atomic mass is 32.2. The maximum absolute atomic E-state index is 12.8. The van der Waals surface area contributed by atoms with Crippen LogP contribution in [-0.2, 0) is 22.4 Å². The molecule has 1 aromatic heterocycles. The van der Waals surface area contributed by atoms with Crippen molar-refractivity contribution in [2.24, 2.45) is 0 Å². The van der Waals surface area contributed by atoms with E-state index in [1.54, 1.807) is 32.2 Å². The minimum Gasteiger partial charge on any atom is -0.496 e. The lowest BCUT2D eigenvalue weighted by molar-refractivity contribution is 0.0479. The fourth-order valence-corrected chi connectivity index (χ4v) is 5.66. The summed E-state index contributed by atoms with van der Waals surface area (Å²) in [5, 5.41) is 3.57. The van der Waals surface area contributed by atoms with Gasteiger partial charge in [-0.15, -0.1) is 11.3 Å². The molecule has 0 amide bonds. The predicted octanol–water partition coefficient (Wildman–Crippen LogP) is 6.76. The summed E-state index contributed by atoms with van der Waals surface area (Å²) in [4.78, 5) is 14.5. The van der Waals surface area contributed by atoms with Crippen LogP contribution in [0, 0.1) is 6.92 Å². The molecule has 1 N–H and O–H groups in total. The summed E-state index contributed by atoms with van der Waals surface area (Å²) >= 11 is 0.00736. The lowest BCUT2D eigenvalue weighted by Gasteiger charge is -2.33. The molecular weight excluding hydrogens is 494 g/mol. The van der Waals surface area contributed by atoms with Gasteiger partial charge in [-0.3, -0.25) is 0 Å². The Morgan fingerprint density at radius 2 is 1.83 bits per heavy atom. The van der Waals surface area contributed by atoms with Crippen LogP contribution in [0.4, 0.5) is 5.69 Å². The van der Waals surface area contributed by atoms with Crippen molar-refractivity contribution in [3.05, 3.63) is 69.4 Å². The lowest BCUT2D eigenvalue weighted by atomic mass is 9.85. The van der Waals surface area contributed by atoms with E-state index >= 15 is 0 Å². The summed E-state index contributed by atoms with van der Waals surface area (Å²) in [7, 11) is 1.59. The third-order valence-corrected chi connectivity index (χ3v) is 7.75. The van der Waals surface area contributed by atoms with Gasteiger partial charge >= 0.3 is 5.97 Å². The number of carbonyl (C=O) groups excluding carboxylic acids is 1. The molecule has 190 valence electrons. The largest absolute Gasteiger partial charge is 0.496 e. The summed E-state index contributed by atoms with van der Waals surface area (Å²) in [5.41, 5.74) is 5.49. The number of esters is 1. The number of benzene rings is 2. The predicted molar refractivity (Wildman–Crippen MR) is 147 cm³/mol. The molecule has 3 aromatic rings. The Bertz CT molecular complexity index is 1360. The number of hydrogen-bond donors (Lipinski definition) is 1. The fraction of sp³-hybridized carbons (Fsp3) is 0.321. The van der Waals surface area contributed by atoms with Gasteiger partial charge in [0, 0.05) is 33.3 Å². The number of rotatable bonds is 8. The van der Waals surface area contributed by atoms with Crippen molar-refractivity contribution in [2.75, 3.05) is 18.2 Å². The molecule has 8 heteroatoms. The second-order valence-corrected chi connectivity index (χ2v) is 11.9. The average Bonchev–Trinajstić information content (AvgIpc) is 3.27. The zero-order valence-corrected chi connectivity index (χ0v) is 23.0. The van der Waals surface area contributed by atoms with Crippen LogP contribution in [0.2, 0.25) is 0 Å². The van der Waals surface area contributed by atoms with Crippen molar-refractivity contribution < 1.29 is 22.7 Å². The van der Waals surface area contributed by atoms with Crippen LogP contribution in [0.1, 0.15) is 53.4 Å². The molecule has 0 saturated carbocycles. The summed E-state index contributed by atoms with van der Waals surface area (Å²) in [6.07, 6.45) is 2.18. The Hall–Kier alpha value is -3.10. The van der Waals surface area contributed by atoms with E-state index in [0.717, 1.165) is 38.4 Å². The molecule has 0 saturated heterocycles. The highest BCUT2D eigenvalue weighted by Gasteiger charge is 2.27. The molecule has 1 atom stereocenters. The van der Waals surface area contributed by atoms with Crippen molar-refractivity contribution >= 4 is 39.6 Å². The first-order chi connectivity index (χ1) is 17.1. The monoisotopic (exact) mass is 525 g/mol. The second-order valence-electron chi connectivity index (χ2n) is 9.21. The molecule has 0 radical (unpaired) electrons. The molecule has 0 spiro atoms. The Labute approximate surface area is 219 Å². The van der Waals surface area contributed by atoms with Crippen LogP contribution < -0.4 is 14.2 Å². The summed E-state index contributed by atoms with van der Waals surface area (Å²) < 4.78 is 28.9. The van der Waals surface area contributed by atoms with Gasteiger partial charge < -0.3 is 19.0 Å². The minimum atomic E-state index is -1.41. The van der Waals surface area contributed by atoms with E-state index in [2.05, 4.69) is 32.2 Å². The van der Waals surface area contributed by atoms with Crippen LogP contribution in [-0.4, -0.2) is 28.6 Å². The smallest absolute Gasteiger partial charge is 0.348 e. The Kier molecular flexibility index (Phi) is 7.57. The molecule has 1 aliphatic heterocycles. The van der Waals surface area contributed by atoms with Gasteiger partial charge in [0.1, 0.15) is 23.0 Å². The Balaban J connectivity index is 1.79. The minimum absolute atomic E-state index is 0.100. The van der Waals surface area contributed by atoms with Crippen LogP contribution in [0.15, 0.2) is 48.5 Å². The fourth-order valence-electron chi connectivity index (χ4n) is 4.47. The zero-order chi connectivity index (χ0) is 26.0. The van der Waals surface area contributed by atoms with Gasteiger partial charge in [-0.2, -0.15) is 0 Å². The molecule has 4 rings (SSSR count). The molecule has 0 fully saturated rings. The molecule has 2 heterocycles. The van der Waals surface area contributed by atoms with Gasteiger partial charge in [0.15, 0.2) is 0 Å². The molecule has 6 nitrogen and oxygen atoms in total. The second kappa shape index (κ2) is 10.5. The third kappa shape index (κ3) is 5.50. The maximum atomic E-state index is 12.8. The first kappa shape index (κ1) is 26.0. The van der Waals surface area contributed by atoms with E-state index < -0.39 is 11.1 Å². The number of fused-ring (bicyclic) bond motifs is 1. The van der Waals surface area contributed by atoms with Gasteiger partial charge in [0.05, 0.1) is 18.4 Å². The van der Waals surface area contributed by atoms with Crippen LogP contribution >= 0.6 is 11.3 Å². The highest BCUT2D eigenvalue weighted by molar-refractivity contribution is 7.80. The number of hydrogen-bond acceptors (Lipinski definition) is 7. The summed E-state index contributed by atoms with van der Waals surface area (Å²) in [6.45, 7) is 10.2. The number of allylic oxidation sites excluding steroid dienone is 1. The number of carbonyl (C=O) groups is 1. The first-order valence-electron chi connectivity index (χ1n) is 11.7. The highest BCUT2D eigenvalue weighted by Crippen LogP contribution is 2.43. The van der Waals surface area contributed by atoms with Crippen molar-refractivity contribution in [1.29, 1.82) is 0 Å². The summed E-state index contributed by atoms with van der Waals surface area (Å²) in [6, 6.07) is 13.2. The van der Waals surface area contributed by atoms with Crippen molar-refractivity contribution in [1.82, 2.24) is 0 Å². The molecule has 2 aromatic carbocycles. The zero-order valence-electron chi connectivity index (χ0n) is 21.4. The van der Waals surface area contributed by atoms with E-state index in [4.69, 9.17) is 13.7 Å². The summed E-state index contributed by atoms with van der Waals surface area (Å²) in [5.74, 6) is 1.09. The van der Waals surface area contributed by atoms with Crippen molar-refractivity contribution in [3.8, 4) is 22.6 Å². The molecule has 1 aliphatic rings. The van der Waals surface area contributed by atoms with Gasteiger partial charge in [-0.25, -0.2) is 9.00 Å². The SMILES string of the molecule is CCS(=O)Oc1ccc(-c2ccc3c(c2COC(=O)c2ccc(C)s2)C(C)=CC(C)(C)N3)c(OC)c1. The van der Waals surface area contributed by atoms with Gasteiger partial charge in [0.25, 0.3) is 0 Å². The van der Waals surface area contributed by atoms with Gasteiger partial charge in [-0.05, 0) is 69.2 Å². The molecule has 0 aliphatic carbocycles. The number of aryl methyl sites for hydroxylation is 1. The Morgan fingerprint density at radius 1 is 1.08 bits per heavy atom. The quantitative estimate of drug-likeness (QED) is 0.328. The van der Waals surface area contributed by atoms with Gasteiger partial charge in [0.2, 0.25) is 11.1 Å². The molecule has 0 bridgehead atoms. The normalized spacial score (nSPS) is 14.8. The van der Waals surface area contributed by atoms with E-state index in [-0.39, 0.29) is 18.1 Å². The molecule has 1 unspecified atom stereocenters. The van der Waals surface area contributed by atoms with E-state index in [0.29, 0.717) is 22.1 Å². The Morgan fingerprint density at radius 3 is 2.50 bits per heavy atom. The lowest BCUT2D eigenvalue weighted by Crippen LogP contribution is -2.32. The maximum Gasteiger partial charge on any atom is 0.348 e. The van der Waals surface area contributed by atoms with Crippen LogP contribution in [0.5, 0.6) is 11.5 Å². The number of thiophene rings is 1. The van der Waals surface area contributed by atoms with Crippen LogP contribution in [0.3, 0.4) is 0 Å². The first-order valence-corrected chi connectivity index (χ1v) is 13.8. The average molecular weight is 526 g/mol. The van der Waals surface area contributed by atoms with E-state index in [1.807, 2.05) is 31.2 Å².